The van der Waals surface area contributed by atoms with Crippen molar-refractivity contribution in [2.75, 3.05) is 39.3 Å². The Hall–Kier alpha value is -1.10. The molecule has 1 amide bonds. The predicted octanol–water partition coefficient (Wildman–Crippen LogP) is 2.84. The Morgan fingerprint density at radius 1 is 1.12 bits per heavy atom. The molecule has 5 heteroatoms. The van der Waals surface area contributed by atoms with Crippen LogP contribution < -0.4 is 5.32 Å². The molecule has 1 aliphatic carbocycles. The minimum absolute atomic E-state index is 0. The highest BCUT2D eigenvalue weighted by molar-refractivity contribution is 5.85. The fourth-order valence-corrected chi connectivity index (χ4v) is 4.49. The van der Waals surface area contributed by atoms with Gasteiger partial charge in [-0.1, -0.05) is 38.1 Å². The topological polar surface area (TPSA) is 35.6 Å². The molecule has 26 heavy (non-hydrogen) atoms. The summed E-state index contributed by atoms with van der Waals surface area (Å²) in [6, 6.07) is 9.52. The van der Waals surface area contributed by atoms with Crippen LogP contribution in [0, 0.1) is 5.92 Å². The molecule has 0 radical (unpaired) electrons. The summed E-state index contributed by atoms with van der Waals surface area (Å²) in [4.78, 5) is 17.6. The smallest absolute Gasteiger partial charge is 0.226 e. The van der Waals surface area contributed by atoms with Crippen molar-refractivity contribution in [2.45, 2.75) is 44.6 Å². The molecule has 3 aliphatic rings. The zero-order valence-electron chi connectivity index (χ0n) is 16.0. The standard InChI is InChI=1S/C21H31N3O.ClH/c1-15(2)16-3-5-17(6-4-16)19-13-20(19)21(25)24-10-7-18(14-24)23-11-8-22-9-12-23;/h3-6,15,18-20,22H,7-14H2,1-2H3;1H. The van der Waals surface area contributed by atoms with E-state index in [2.05, 4.69) is 53.2 Å². The van der Waals surface area contributed by atoms with Crippen molar-refractivity contribution >= 4 is 18.3 Å². The average molecular weight is 378 g/mol. The maximum absolute atomic E-state index is 12.9. The first-order chi connectivity index (χ1) is 12.1. The van der Waals surface area contributed by atoms with E-state index in [4.69, 9.17) is 0 Å². The minimum Gasteiger partial charge on any atom is -0.341 e. The van der Waals surface area contributed by atoms with Crippen LogP contribution in [0.2, 0.25) is 0 Å². The normalized spacial score (nSPS) is 28.9. The average Bonchev–Trinajstić information content (AvgIpc) is 3.29. The summed E-state index contributed by atoms with van der Waals surface area (Å²) in [6.07, 6.45) is 2.18. The lowest BCUT2D eigenvalue weighted by Crippen LogP contribution is -2.49. The fourth-order valence-electron chi connectivity index (χ4n) is 4.49. The Labute approximate surface area is 163 Å². The van der Waals surface area contributed by atoms with Gasteiger partial charge in [0.1, 0.15) is 0 Å². The van der Waals surface area contributed by atoms with Crippen LogP contribution in [0.25, 0.3) is 0 Å². The molecule has 4 nitrogen and oxygen atoms in total. The lowest BCUT2D eigenvalue weighted by Gasteiger charge is -2.32. The molecule has 1 aromatic carbocycles. The number of nitrogens with one attached hydrogen (secondary N) is 1. The highest BCUT2D eigenvalue weighted by Crippen LogP contribution is 2.49. The van der Waals surface area contributed by atoms with E-state index in [1.54, 1.807) is 0 Å². The van der Waals surface area contributed by atoms with E-state index < -0.39 is 0 Å². The zero-order chi connectivity index (χ0) is 17.4. The summed E-state index contributed by atoms with van der Waals surface area (Å²) >= 11 is 0. The second-order valence-electron chi connectivity index (χ2n) is 8.28. The fraction of sp³-hybridized carbons (Fsp3) is 0.667. The van der Waals surface area contributed by atoms with Crippen molar-refractivity contribution in [2.24, 2.45) is 5.92 Å². The molecule has 0 bridgehead atoms. The van der Waals surface area contributed by atoms with Crippen LogP contribution in [-0.4, -0.2) is 61.0 Å². The van der Waals surface area contributed by atoms with E-state index in [0.717, 1.165) is 52.1 Å². The summed E-state index contributed by atoms with van der Waals surface area (Å²) in [5.74, 6) is 1.64. The SMILES string of the molecule is CC(C)c1ccc(C2CC2C(=O)N2CCC(N3CCNCC3)C2)cc1.Cl. The third-order valence-corrected chi connectivity index (χ3v) is 6.28. The Bertz CT molecular complexity index is 612. The Morgan fingerprint density at radius 3 is 2.46 bits per heavy atom. The highest BCUT2D eigenvalue weighted by atomic mass is 35.5. The number of hydrogen-bond acceptors (Lipinski definition) is 3. The van der Waals surface area contributed by atoms with Gasteiger partial charge < -0.3 is 10.2 Å². The van der Waals surface area contributed by atoms with Gasteiger partial charge in [-0.3, -0.25) is 9.69 Å². The van der Waals surface area contributed by atoms with E-state index in [-0.39, 0.29) is 18.3 Å². The van der Waals surface area contributed by atoms with Gasteiger partial charge in [-0.05, 0) is 35.8 Å². The van der Waals surface area contributed by atoms with Crippen LogP contribution >= 0.6 is 12.4 Å². The zero-order valence-corrected chi connectivity index (χ0v) is 16.8. The van der Waals surface area contributed by atoms with Crippen molar-refractivity contribution in [1.82, 2.24) is 15.1 Å². The number of carbonyl (C=O) groups is 1. The van der Waals surface area contributed by atoms with Crippen molar-refractivity contribution in [3.05, 3.63) is 35.4 Å². The number of halogens is 1. The third kappa shape index (κ3) is 4.08. The summed E-state index contributed by atoms with van der Waals surface area (Å²) in [5.41, 5.74) is 2.73. The van der Waals surface area contributed by atoms with Crippen molar-refractivity contribution < 1.29 is 4.79 Å². The van der Waals surface area contributed by atoms with Gasteiger partial charge in [0.2, 0.25) is 5.91 Å². The van der Waals surface area contributed by atoms with Crippen LogP contribution in [0.5, 0.6) is 0 Å². The first kappa shape index (κ1) is 19.7. The number of likely N-dealkylation sites (tertiary alicyclic amines) is 1. The number of benzene rings is 1. The van der Waals surface area contributed by atoms with Gasteiger partial charge in [-0.2, -0.15) is 0 Å². The number of hydrogen-bond donors (Lipinski definition) is 1. The van der Waals surface area contributed by atoms with Gasteiger partial charge >= 0.3 is 0 Å². The quantitative estimate of drug-likeness (QED) is 0.876. The summed E-state index contributed by atoms with van der Waals surface area (Å²) in [6.45, 7) is 10.8. The molecule has 4 rings (SSSR count). The molecule has 144 valence electrons. The second-order valence-corrected chi connectivity index (χ2v) is 8.28. The molecule has 2 aliphatic heterocycles. The second kappa shape index (κ2) is 8.28. The number of rotatable bonds is 4. The summed E-state index contributed by atoms with van der Waals surface area (Å²) in [5, 5.41) is 3.41. The summed E-state index contributed by atoms with van der Waals surface area (Å²) < 4.78 is 0. The molecule has 3 fully saturated rings. The molecule has 0 spiro atoms. The van der Waals surface area contributed by atoms with Crippen molar-refractivity contribution in [3.63, 3.8) is 0 Å². The number of amides is 1. The van der Waals surface area contributed by atoms with Crippen LogP contribution in [0.15, 0.2) is 24.3 Å². The number of nitrogens with zero attached hydrogens (tertiary/aromatic N) is 2. The maximum Gasteiger partial charge on any atom is 0.226 e. The molecule has 1 N–H and O–H groups in total. The van der Waals surface area contributed by atoms with Gasteiger partial charge in [0.15, 0.2) is 0 Å². The van der Waals surface area contributed by atoms with Crippen LogP contribution in [-0.2, 0) is 4.79 Å². The van der Waals surface area contributed by atoms with Gasteiger partial charge in [0, 0.05) is 51.2 Å². The third-order valence-electron chi connectivity index (χ3n) is 6.28. The largest absolute Gasteiger partial charge is 0.341 e. The Kier molecular flexibility index (Phi) is 6.26. The molecular formula is C21H32ClN3O. The van der Waals surface area contributed by atoms with E-state index in [1.165, 1.54) is 11.1 Å². The number of piperazine rings is 1. The molecule has 3 atom stereocenters. The minimum atomic E-state index is 0. The van der Waals surface area contributed by atoms with E-state index in [0.29, 0.717) is 23.8 Å². The molecule has 0 aromatic heterocycles. The van der Waals surface area contributed by atoms with E-state index in [1.807, 2.05) is 0 Å². The van der Waals surface area contributed by atoms with Gasteiger partial charge in [0.25, 0.3) is 0 Å². The van der Waals surface area contributed by atoms with Crippen LogP contribution in [0.4, 0.5) is 0 Å². The van der Waals surface area contributed by atoms with Crippen molar-refractivity contribution in [3.8, 4) is 0 Å². The van der Waals surface area contributed by atoms with Gasteiger partial charge in [0.05, 0.1) is 0 Å². The van der Waals surface area contributed by atoms with Gasteiger partial charge in [-0.15, -0.1) is 12.4 Å². The molecular weight excluding hydrogens is 346 g/mol. The molecule has 1 aromatic rings. The molecule has 1 saturated carbocycles. The summed E-state index contributed by atoms with van der Waals surface area (Å²) in [7, 11) is 0. The first-order valence-corrected chi connectivity index (χ1v) is 9.97. The monoisotopic (exact) mass is 377 g/mol. The number of carbonyl (C=O) groups excluding carboxylic acids is 1. The molecule has 2 heterocycles. The molecule has 3 unspecified atom stereocenters. The lowest BCUT2D eigenvalue weighted by atomic mass is 10.00. The lowest BCUT2D eigenvalue weighted by molar-refractivity contribution is -0.131. The predicted molar refractivity (Wildman–Crippen MR) is 108 cm³/mol. The van der Waals surface area contributed by atoms with Crippen LogP contribution in [0.3, 0.4) is 0 Å². The van der Waals surface area contributed by atoms with E-state index in [9.17, 15) is 4.79 Å². The Morgan fingerprint density at radius 2 is 1.81 bits per heavy atom. The van der Waals surface area contributed by atoms with Crippen molar-refractivity contribution in [1.29, 1.82) is 0 Å². The highest BCUT2D eigenvalue weighted by Gasteiger charge is 2.47. The first-order valence-electron chi connectivity index (χ1n) is 9.97. The Balaban J connectivity index is 0.00000196. The van der Waals surface area contributed by atoms with Crippen LogP contribution in [0.1, 0.15) is 49.7 Å². The molecule has 2 saturated heterocycles. The maximum atomic E-state index is 12.9. The van der Waals surface area contributed by atoms with E-state index >= 15 is 0 Å². The van der Waals surface area contributed by atoms with Gasteiger partial charge in [-0.25, -0.2) is 0 Å².